The van der Waals surface area contributed by atoms with Gasteiger partial charge >= 0.3 is 0 Å². The Labute approximate surface area is 86.1 Å². The Morgan fingerprint density at radius 1 is 1.07 bits per heavy atom. The number of aldehydes is 1. The molecule has 0 N–H and O–H groups in total. The number of carbonyl (C=O) groups excluding carboxylic acids is 1. The Morgan fingerprint density at radius 3 is 2.80 bits per heavy atom. The van der Waals surface area contributed by atoms with Gasteiger partial charge in [0, 0.05) is 5.39 Å². The van der Waals surface area contributed by atoms with Crippen LogP contribution in [0.15, 0.2) is 47.1 Å². The lowest BCUT2D eigenvalue weighted by Gasteiger charge is -2.01. The summed E-state index contributed by atoms with van der Waals surface area (Å²) in [5, 5.41) is 3.19. The van der Waals surface area contributed by atoms with Gasteiger partial charge < -0.3 is 4.42 Å². The third-order valence-corrected chi connectivity index (χ3v) is 2.61. The van der Waals surface area contributed by atoms with Gasteiger partial charge in [-0.2, -0.15) is 0 Å². The average Bonchev–Trinajstić information content (AvgIpc) is 2.76. The SMILES string of the molecule is O=Cc1cc2cccc2c2cccoc12. The van der Waals surface area contributed by atoms with Crippen molar-refractivity contribution >= 4 is 28.0 Å². The summed E-state index contributed by atoms with van der Waals surface area (Å²) in [6.07, 6.45) is 2.42. The first-order chi connectivity index (χ1) is 7.40. The minimum atomic E-state index is 0.601. The molecule has 0 saturated carbocycles. The molecule has 1 aromatic heterocycles. The molecule has 0 aliphatic rings. The van der Waals surface area contributed by atoms with E-state index in [2.05, 4.69) is 0 Å². The molecular weight excluding hydrogens is 188 g/mol. The molecule has 0 aliphatic heterocycles. The predicted octanol–water partition coefficient (Wildman–Crippen LogP) is 3.40. The van der Waals surface area contributed by atoms with E-state index >= 15 is 0 Å². The van der Waals surface area contributed by atoms with E-state index in [4.69, 9.17) is 4.42 Å². The summed E-state index contributed by atoms with van der Waals surface area (Å²) in [6, 6.07) is 11.7. The summed E-state index contributed by atoms with van der Waals surface area (Å²) in [6.45, 7) is 0. The molecule has 0 aliphatic carbocycles. The maximum atomic E-state index is 10.9. The van der Waals surface area contributed by atoms with E-state index in [1.807, 2.05) is 36.4 Å². The predicted molar refractivity (Wildman–Crippen MR) is 59.1 cm³/mol. The molecule has 0 atom stereocenters. The molecule has 0 unspecified atom stereocenters. The molecule has 3 rings (SSSR count). The van der Waals surface area contributed by atoms with Crippen molar-refractivity contribution in [2.75, 3.05) is 0 Å². The number of hydrogen-bond acceptors (Lipinski definition) is 2. The molecule has 2 aromatic carbocycles. The zero-order valence-electron chi connectivity index (χ0n) is 7.94. The third-order valence-electron chi connectivity index (χ3n) is 2.61. The Balaban J connectivity index is 2.64. The van der Waals surface area contributed by atoms with Gasteiger partial charge in [-0.1, -0.05) is 18.2 Å². The van der Waals surface area contributed by atoms with Crippen LogP contribution in [0.1, 0.15) is 10.4 Å². The molecule has 3 aromatic rings. The topological polar surface area (TPSA) is 30.2 Å². The van der Waals surface area contributed by atoms with Crippen LogP contribution in [0, 0.1) is 0 Å². The molecule has 0 radical (unpaired) electrons. The van der Waals surface area contributed by atoms with E-state index in [0.717, 1.165) is 22.4 Å². The zero-order chi connectivity index (χ0) is 10.3. The van der Waals surface area contributed by atoms with E-state index in [1.54, 1.807) is 6.26 Å². The lowest BCUT2D eigenvalue weighted by molar-refractivity contribution is 0.112. The number of hydrogen-bond donors (Lipinski definition) is 0. The number of carbonyl (C=O) groups is 1. The van der Waals surface area contributed by atoms with Crippen molar-refractivity contribution in [1.29, 1.82) is 0 Å². The van der Waals surface area contributed by atoms with Crippen LogP contribution in [0.4, 0.5) is 0 Å². The maximum Gasteiger partial charge on any atom is 0.153 e. The van der Waals surface area contributed by atoms with Crippen LogP contribution in [0.3, 0.4) is 0 Å². The monoisotopic (exact) mass is 196 g/mol. The normalized spacial score (nSPS) is 10.9. The molecule has 2 heteroatoms. The van der Waals surface area contributed by atoms with Crippen molar-refractivity contribution in [2.24, 2.45) is 0 Å². The standard InChI is InChI=1S/C13H8O2/c14-8-10-7-9-3-1-4-11(9)12-5-2-6-15-13(10)12/h1-8H. The molecule has 72 valence electrons. The van der Waals surface area contributed by atoms with E-state index in [0.29, 0.717) is 11.1 Å². The van der Waals surface area contributed by atoms with Crippen molar-refractivity contribution in [3.05, 3.63) is 48.2 Å². The molecule has 1 heterocycles. The lowest BCUT2D eigenvalue weighted by Crippen LogP contribution is -1.83. The minimum Gasteiger partial charge on any atom is -0.464 e. The maximum absolute atomic E-state index is 10.9. The van der Waals surface area contributed by atoms with Gasteiger partial charge in [0.05, 0.1) is 11.8 Å². The molecule has 0 bridgehead atoms. The van der Waals surface area contributed by atoms with Crippen LogP contribution in [-0.2, 0) is 0 Å². The number of rotatable bonds is 1. The Hall–Kier alpha value is -2.09. The van der Waals surface area contributed by atoms with Gasteiger partial charge in [-0.05, 0) is 29.0 Å². The van der Waals surface area contributed by atoms with Gasteiger partial charge in [-0.3, -0.25) is 4.79 Å². The van der Waals surface area contributed by atoms with Crippen LogP contribution in [-0.4, -0.2) is 6.29 Å². The lowest BCUT2D eigenvalue weighted by atomic mass is 10.1. The molecule has 0 amide bonds. The second kappa shape index (κ2) is 2.95. The first kappa shape index (κ1) is 8.24. The van der Waals surface area contributed by atoms with Gasteiger partial charge in [-0.25, -0.2) is 0 Å². The third kappa shape index (κ3) is 1.08. The van der Waals surface area contributed by atoms with Crippen LogP contribution >= 0.6 is 0 Å². The summed E-state index contributed by atoms with van der Waals surface area (Å²) < 4.78 is 5.38. The molecule has 0 saturated heterocycles. The number of benzene rings is 1. The van der Waals surface area contributed by atoms with Gasteiger partial charge in [0.15, 0.2) is 6.29 Å². The second-order valence-electron chi connectivity index (χ2n) is 3.47. The minimum absolute atomic E-state index is 0.601. The zero-order valence-corrected chi connectivity index (χ0v) is 7.94. The van der Waals surface area contributed by atoms with E-state index in [9.17, 15) is 4.79 Å². The number of fused-ring (bicyclic) bond motifs is 3. The van der Waals surface area contributed by atoms with Gasteiger partial charge in [0.25, 0.3) is 0 Å². The highest BCUT2D eigenvalue weighted by Gasteiger charge is 2.07. The van der Waals surface area contributed by atoms with Crippen molar-refractivity contribution in [3.8, 4) is 0 Å². The summed E-state index contributed by atoms with van der Waals surface area (Å²) >= 11 is 0. The van der Waals surface area contributed by atoms with Crippen molar-refractivity contribution in [3.63, 3.8) is 0 Å². The van der Waals surface area contributed by atoms with Gasteiger partial charge in [0.1, 0.15) is 5.58 Å². The van der Waals surface area contributed by atoms with Crippen molar-refractivity contribution in [2.45, 2.75) is 0 Å². The largest absolute Gasteiger partial charge is 0.464 e. The molecule has 0 fully saturated rings. The summed E-state index contributed by atoms with van der Waals surface area (Å²) in [5.74, 6) is 0. The smallest absolute Gasteiger partial charge is 0.153 e. The first-order valence-corrected chi connectivity index (χ1v) is 4.74. The molecular formula is C13H8O2. The Bertz CT molecular complexity index is 650. The van der Waals surface area contributed by atoms with Crippen LogP contribution in [0.2, 0.25) is 0 Å². The summed E-state index contributed by atoms with van der Waals surface area (Å²) in [5.41, 5.74) is 1.26. The van der Waals surface area contributed by atoms with Crippen LogP contribution in [0.25, 0.3) is 21.7 Å². The fourth-order valence-electron chi connectivity index (χ4n) is 1.94. The van der Waals surface area contributed by atoms with Gasteiger partial charge in [0.2, 0.25) is 0 Å². The van der Waals surface area contributed by atoms with E-state index in [-0.39, 0.29) is 0 Å². The van der Waals surface area contributed by atoms with Crippen LogP contribution < -0.4 is 0 Å². The van der Waals surface area contributed by atoms with Crippen molar-refractivity contribution in [1.82, 2.24) is 0 Å². The molecule has 0 spiro atoms. The Morgan fingerprint density at radius 2 is 1.93 bits per heavy atom. The van der Waals surface area contributed by atoms with Crippen LogP contribution in [0.5, 0.6) is 0 Å². The van der Waals surface area contributed by atoms with E-state index < -0.39 is 0 Å². The summed E-state index contributed by atoms with van der Waals surface area (Å²) in [4.78, 5) is 10.9. The fraction of sp³-hybridized carbons (Fsp3) is 0. The highest BCUT2D eigenvalue weighted by atomic mass is 16.3. The summed E-state index contributed by atoms with van der Waals surface area (Å²) in [7, 11) is 0. The highest BCUT2D eigenvalue weighted by Crippen LogP contribution is 2.28. The van der Waals surface area contributed by atoms with Crippen molar-refractivity contribution < 1.29 is 9.21 Å². The molecule has 15 heavy (non-hydrogen) atoms. The fourth-order valence-corrected chi connectivity index (χ4v) is 1.94. The average molecular weight is 196 g/mol. The first-order valence-electron chi connectivity index (χ1n) is 4.74. The van der Waals surface area contributed by atoms with E-state index in [1.165, 1.54) is 0 Å². The quantitative estimate of drug-likeness (QED) is 0.558. The van der Waals surface area contributed by atoms with Gasteiger partial charge in [-0.15, -0.1) is 0 Å². The second-order valence-corrected chi connectivity index (χ2v) is 3.47. The highest BCUT2D eigenvalue weighted by molar-refractivity contribution is 6.11. The Kier molecular flexibility index (Phi) is 1.62. The molecule has 2 nitrogen and oxygen atoms in total.